The number of aryl methyl sites for hydroxylation is 1. The average molecular weight is 264 g/mol. The maximum Gasteiger partial charge on any atom is 0.308 e. The molecule has 1 aromatic carbocycles. The molecule has 0 radical (unpaired) electrons. The molecular formula is C14H20N2O3. The molecule has 0 aliphatic rings. The number of aliphatic carboxylic acids is 1. The molecule has 0 aliphatic heterocycles. The first kappa shape index (κ1) is 15.0. The minimum absolute atomic E-state index is 0.137. The van der Waals surface area contributed by atoms with E-state index in [-0.39, 0.29) is 12.5 Å². The second-order valence-corrected chi connectivity index (χ2v) is 4.49. The van der Waals surface area contributed by atoms with Gasteiger partial charge in [0.25, 0.3) is 0 Å². The molecule has 0 saturated carbocycles. The molecule has 0 spiro atoms. The summed E-state index contributed by atoms with van der Waals surface area (Å²) in [5.41, 5.74) is 7.33. The Balaban J connectivity index is 2.34. The summed E-state index contributed by atoms with van der Waals surface area (Å²) in [6, 6.07) is 7.39. The van der Waals surface area contributed by atoms with Crippen LogP contribution in [-0.4, -0.2) is 23.5 Å². The Bertz CT molecular complexity index is 446. The number of amides is 1. The molecule has 5 nitrogen and oxygen atoms in total. The number of carboxylic acids is 1. The highest BCUT2D eigenvalue weighted by molar-refractivity contribution is 5.77. The van der Waals surface area contributed by atoms with Crippen molar-refractivity contribution in [3.05, 3.63) is 29.8 Å². The van der Waals surface area contributed by atoms with Gasteiger partial charge in [-0.3, -0.25) is 9.59 Å². The van der Waals surface area contributed by atoms with Crippen LogP contribution in [0.1, 0.15) is 25.3 Å². The van der Waals surface area contributed by atoms with Crippen LogP contribution in [0.5, 0.6) is 0 Å². The Hall–Kier alpha value is -2.04. The highest BCUT2D eigenvalue weighted by Gasteiger charge is 2.15. The molecule has 1 amide bonds. The summed E-state index contributed by atoms with van der Waals surface area (Å²) in [6.45, 7) is 1.97. The van der Waals surface area contributed by atoms with E-state index in [9.17, 15) is 9.59 Å². The van der Waals surface area contributed by atoms with Crippen LogP contribution in [0.15, 0.2) is 24.3 Å². The van der Waals surface area contributed by atoms with Crippen LogP contribution in [0, 0.1) is 5.92 Å². The predicted molar refractivity (Wildman–Crippen MR) is 73.6 cm³/mol. The summed E-state index contributed by atoms with van der Waals surface area (Å²) in [5.74, 6) is -1.53. The molecule has 0 aliphatic carbocycles. The number of carbonyl (C=O) groups excluding carboxylic acids is 1. The number of hydrogen-bond donors (Lipinski definition) is 3. The van der Waals surface area contributed by atoms with Gasteiger partial charge in [0.05, 0.1) is 5.92 Å². The van der Waals surface area contributed by atoms with Gasteiger partial charge in [0, 0.05) is 18.7 Å². The van der Waals surface area contributed by atoms with E-state index in [2.05, 4.69) is 5.32 Å². The van der Waals surface area contributed by atoms with Gasteiger partial charge in [-0.15, -0.1) is 0 Å². The van der Waals surface area contributed by atoms with E-state index in [1.54, 1.807) is 13.0 Å². The monoisotopic (exact) mass is 264 g/mol. The lowest BCUT2D eigenvalue weighted by molar-refractivity contribution is -0.141. The van der Waals surface area contributed by atoms with Crippen LogP contribution in [0.4, 0.5) is 5.69 Å². The third-order valence-corrected chi connectivity index (χ3v) is 2.98. The maximum atomic E-state index is 11.6. The van der Waals surface area contributed by atoms with Crippen molar-refractivity contribution in [1.82, 2.24) is 5.32 Å². The molecule has 0 bridgehead atoms. The summed E-state index contributed by atoms with van der Waals surface area (Å²) in [7, 11) is 0. The van der Waals surface area contributed by atoms with Crippen molar-refractivity contribution in [2.75, 3.05) is 12.3 Å². The Morgan fingerprint density at radius 1 is 1.42 bits per heavy atom. The molecule has 1 rings (SSSR count). The van der Waals surface area contributed by atoms with E-state index in [1.165, 1.54) is 0 Å². The van der Waals surface area contributed by atoms with E-state index in [0.717, 1.165) is 5.56 Å². The molecule has 5 heteroatoms. The van der Waals surface area contributed by atoms with Crippen LogP contribution in [0.3, 0.4) is 0 Å². The number of nitrogen functional groups attached to an aromatic ring is 1. The minimum atomic E-state index is -0.876. The van der Waals surface area contributed by atoms with E-state index in [0.29, 0.717) is 24.9 Å². The highest BCUT2D eigenvalue weighted by atomic mass is 16.4. The van der Waals surface area contributed by atoms with Gasteiger partial charge in [-0.25, -0.2) is 0 Å². The fourth-order valence-electron chi connectivity index (χ4n) is 1.74. The second-order valence-electron chi connectivity index (χ2n) is 4.49. The molecular weight excluding hydrogens is 244 g/mol. The van der Waals surface area contributed by atoms with Gasteiger partial charge >= 0.3 is 5.97 Å². The number of benzene rings is 1. The largest absolute Gasteiger partial charge is 0.481 e. The lowest BCUT2D eigenvalue weighted by Gasteiger charge is -2.11. The molecule has 19 heavy (non-hydrogen) atoms. The second kappa shape index (κ2) is 7.41. The first-order chi connectivity index (χ1) is 9.02. The fourth-order valence-corrected chi connectivity index (χ4v) is 1.74. The summed E-state index contributed by atoms with van der Waals surface area (Å²) < 4.78 is 0. The molecule has 1 unspecified atom stereocenters. The molecule has 4 N–H and O–H groups in total. The van der Waals surface area contributed by atoms with Crippen LogP contribution in [-0.2, 0) is 16.0 Å². The van der Waals surface area contributed by atoms with Gasteiger partial charge in [0.1, 0.15) is 0 Å². The number of rotatable bonds is 7. The molecule has 0 fully saturated rings. The van der Waals surface area contributed by atoms with Crippen molar-refractivity contribution in [1.29, 1.82) is 0 Å². The quantitative estimate of drug-likeness (QED) is 0.649. The summed E-state index contributed by atoms with van der Waals surface area (Å²) in [6.07, 6.45) is 1.44. The first-order valence-electron chi connectivity index (χ1n) is 6.36. The number of anilines is 1. The molecule has 0 heterocycles. The lowest BCUT2D eigenvalue weighted by Crippen LogP contribution is -2.32. The van der Waals surface area contributed by atoms with Crippen LogP contribution in [0.25, 0.3) is 0 Å². The van der Waals surface area contributed by atoms with Crippen molar-refractivity contribution >= 4 is 17.6 Å². The number of nitrogens with one attached hydrogen (secondary N) is 1. The van der Waals surface area contributed by atoms with Gasteiger partial charge in [-0.05, 0) is 30.5 Å². The SMILES string of the molecule is CCC(CNC(=O)CCc1cccc(N)c1)C(=O)O. The zero-order chi connectivity index (χ0) is 14.3. The maximum absolute atomic E-state index is 11.6. The Morgan fingerprint density at radius 2 is 2.16 bits per heavy atom. The zero-order valence-corrected chi connectivity index (χ0v) is 11.1. The normalized spacial score (nSPS) is 11.8. The highest BCUT2D eigenvalue weighted by Crippen LogP contribution is 2.08. The van der Waals surface area contributed by atoms with Gasteiger partial charge in [0.15, 0.2) is 0 Å². The molecule has 104 valence electrons. The van der Waals surface area contributed by atoms with E-state index < -0.39 is 11.9 Å². The topological polar surface area (TPSA) is 92.4 Å². The first-order valence-corrected chi connectivity index (χ1v) is 6.36. The molecule has 1 atom stereocenters. The van der Waals surface area contributed by atoms with Gasteiger partial charge in [-0.1, -0.05) is 19.1 Å². The third-order valence-electron chi connectivity index (χ3n) is 2.98. The van der Waals surface area contributed by atoms with Crippen molar-refractivity contribution in [2.45, 2.75) is 26.2 Å². The van der Waals surface area contributed by atoms with Gasteiger partial charge in [0.2, 0.25) is 5.91 Å². The van der Waals surface area contributed by atoms with Crippen LogP contribution >= 0.6 is 0 Å². The Labute approximate surface area is 112 Å². The van der Waals surface area contributed by atoms with Crippen LogP contribution < -0.4 is 11.1 Å². The Morgan fingerprint density at radius 3 is 2.74 bits per heavy atom. The van der Waals surface area contributed by atoms with Gasteiger partial charge in [-0.2, -0.15) is 0 Å². The summed E-state index contributed by atoms with van der Waals surface area (Å²) in [5, 5.41) is 11.5. The van der Waals surface area contributed by atoms with E-state index >= 15 is 0 Å². The number of nitrogens with two attached hydrogens (primary N) is 1. The molecule has 0 saturated heterocycles. The van der Waals surface area contributed by atoms with Crippen molar-refractivity contribution in [3.8, 4) is 0 Å². The standard InChI is InChI=1S/C14H20N2O3/c1-2-11(14(18)19)9-16-13(17)7-6-10-4-3-5-12(15)8-10/h3-5,8,11H,2,6-7,9,15H2,1H3,(H,16,17)(H,18,19). The Kier molecular flexibility index (Phi) is 5.85. The summed E-state index contributed by atoms with van der Waals surface area (Å²) in [4.78, 5) is 22.4. The third kappa shape index (κ3) is 5.42. The molecule has 1 aromatic rings. The van der Waals surface area contributed by atoms with Crippen molar-refractivity contribution in [3.63, 3.8) is 0 Å². The zero-order valence-electron chi connectivity index (χ0n) is 11.1. The predicted octanol–water partition coefficient (Wildman–Crippen LogP) is 1.43. The minimum Gasteiger partial charge on any atom is -0.481 e. The van der Waals surface area contributed by atoms with E-state index in [1.807, 2.05) is 18.2 Å². The lowest BCUT2D eigenvalue weighted by atomic mass is 10.1. The van der Waals surface area contributed by atoms with E-state index in [4.69, 9.17) is 10.8 Å². The number of hydrogen-bond acceptors (Lipinski definition) is 3. The van der Waals surface area contributed by atoms with Crippen molar-refractivity contribution < 1.29 is 14.7 Å². The van der Waals surface area contributed by atoms with Gasteiger partial charge < -0.3 is 16.2 Å². The smallest absolute Gasteiger partial charge is 0.308 e. The van der Waals surface area contributed by atoms with Crippen molar-refractivity contribution in [2.24, 2.45) is 5.92 Å². The number of carboxylic acid groups (broad SMARTS) is 1. The van der Waals surface area contributed by atoms with Crippen LogP contribution in [0.2, 0.25) is 0 Å². The average Bonchev–Trinajstić information content (AvgIpc) is 2.37. The molecule has 0 aromatic heterocycles. The summed E-state index contributed by atoms with van der Waals surface area (Å²) >= 11 is 0. The number of carbonyl (C=O) groups is 2. The fraction of sp³-hybridized carbons (Fsp3) is 0.429.